The molecule has 0 heterocycles. The lowest BCUT2D eigenvalue weighted by atomic mass is 9.62. The van der Waals surface area contributed by atoms with E-state index in [0.717, 1.165) is 25.7 Å². The maximum Gasteiger partial charge on any atom is 0.313 e. The first-order valence-electron chi connectivity index (χ1n) is 8.03. The largest absolute Gasteiger partial charge is 0.452 e. The van der Waals surface area contributed by atoms with Crippen LogP contribution in [0.25, 0.3) is 0 Å². The van der Waals surface area contributed by atoms with Crippen LogP contribution in [-0.4, -0.2) is 24.3 Å². The Morgan fingerprint density at radius 3 is 2.35 bits per heavy atom. The van der Waals surface area contributed by atoms with Crippen molar-refractivity contribution >= 4 is 5.97 Å². The number of carbonyl (C=O) groups is 1. The van der Waals surface area contributed by atoms with E-state index < -0.39 is 0 Å². The van der Waals surface area contributed by atoms with E-state index in [1.54, 1.807) is 0 Å². The molecule has 2 fully saturated rings. The van der Waals surface area contributed by atoms with Gasteiger partial charge in [-0.25, -0.2) is 0 Å². The number of hydrogen-bond donors (Lipinski definition) is 1. The molecule has 3 nitrogen and oxygen atoms in total. The Bertz CT molecular complexity index is 365. The van der Waals surface area contributed by atoms with Gasteiger partial charge >= 0.3 is 5.97 Å². The van der Waals surface area contributed by atoms with Crippen LogP contribution < -0.4 is 0 Å². The number of ether oxygens (including phenoxy) is 1. The van der Waals surface area contributed by atoms with Crippen LogP contribution in [0, 0.1) is 23.2 Å². The molecule has 20 heavy (non-hydrogen) atoms. The molecule has 0 radical (unpaired) electrons. The lowest BCUT2D eigenvalue weighted by Gasteiger charge is -2.43. The molecular weight excluding hydrogens is 252 g/mol. The highest BCUT2D eigenvalue weighted by atomic mass is 16.5. The molecule has 0 atom stereocenters. The Hall–Kier alpha value is -1.01. The van der Waals surface area contributed by atoms with E-state index in [4.69, 9.17) is 9.84 Å². The first-order valence-corrected chi connectivity index (χ1v) is 8.03. The summed E-state index contributed by atoms with van der Waals surface area (Å²) in [6.45, 7) is -0.0564. The first kappa shape index (κ1) is 15.4. The average Bonchev–Trinajstić information content (AvgIpc) is 2.53. The summed E-state index contributed by atoms with van der Waals surface area (Å²) in [5.41, 5.74) is -0.237. The van der Waals surface area contributed by atoms with E-state index in [-0.39, 0.29) is 24.6 Å². The molecule has 0 aromatic rings. The van der Waals surface area contributed by atoms with Crippen molar-refractivity contribution in [3.05, 3.63) is 0 Å². The summed E-state index contributed by atoms with van der Waals surface area (Å²) in [4.78, 5) is 12.6. The van der Waals surface area contributed by atoms with Gasteiger partial charge in [0.1, 0.15) is 6.61 Å². The fourth-order valence-corrected chi connectivity index (χ4v) is 3.97. The lowest BCUT2D eigenvalue weighted by Crippen LogP contribution is -2.42. The highest BCUT2D eigenvalue weighted by Crippen LogP contribution is 2.49. The highest BCUT2D eigenvalue weighted by molar-refractivity contribution is 5.77. The standard InChI is InChI=1S/C17H26O3/c18-13-7-8-14-20-16(19)17(11-5-2-6-12-17)15-9-3-1-4-10-15/h15,18H,1-6,9-14H2. The third kappa shape index (κ3) is 3.55. The van der Waals surface area contributed by atoms with Gasteiger partial charge in [0.2, 0.25) is 0 Å². The number of carbonyl (C=O) groups excluding carboxylic acids is 1. The topological polar surface area (TPSA) is 46.5 Å². The molecule has 2 rings (SSSR count). The van der Waals surface area contributed by atoms with Crippen molar-refractivity contribution in [1.82, 2.24) is 0 Å². The van der Waals surface area contributed by atoms with Gasteiger partial charge in [0.25, 0.3) is 0 Å². The van der Waals surface area contributed by atoms with Gasteiger partial charge in [0, 0.05) is 0 Å². The van der Waals surface area contributed by atoms with Crippen molar-refractivity contribution in [1.29, 1.82) is 0 Å². The molecule has 2 aliphatic rings. The molecule has 2 aliphatic carbocycles. The SMILES string of the molecule is O=C(OCC#CCO)C1(C2CCCCC2)CCCCC1. The third-order valence-electron chi connectivity index (χ3n) is 5.02. The van der Waals surface area contributed by atoms with Gasteiger partial charge in [-0.3, -0.25) is 4.79 Å². The van der Waals surface area contributed by atoms with E-state index in [9.17, 15) is 4.79 Å². The zero-order valence-corrected chi connectivity index (χ0v) is 12.3. The second kappa shape index (κ2) is 7.69. The van der Waals surface area contributed by atoms with Gasteiger partial charge in [-0.2, -0.15) is 0 Å². The smallest absolute Gasteiger partial charge is 0.313 e. The van der Waals surface area contributed by atoms with Crippen molar-refractivity contribution in [3.63, 3.8) is 0 Å². The molecular formula is C17H26O3. The summed E-state index contributed by atoms with van der Waals surface area (Å²) in [6.07, 6.45) is 11.7. The lowest BCUT2D eigenvalue weighted by molar-refractivity contribution is -0.162. The van der Waals surface area contributed by atoms with E-state index in [2.05, 4.69) is 11.8 Å². The highest BCUT2D eigenvalue weighted by Gasteiger charge is 2.47. The summed E-state index contributed by atoms with van der Waals surface area (Å²) in [5.74, 6) is 5.69. The van der Waals surface area contributed by atoms with Crippen LogP contribution in [0.2, 0.25) is 0 Å². The van der Waals surface area contributed by atoms with Gasteiger partial charge in [0.15, 0.2) is 6.61 Å². The first-order chi connectivity index (χ1) is 9.79. The van der Waals surface area contributed by atoms with Crippen molar-refractivity contribution in [2.45, 2.75) is 64.2 Å². The monoisotopic (exact) mass is 278 g/mol. The van der Waals surface area contributed by atoms with Crippen molar-refractivity contribution in [3.8, 4) is 11.8 Å². The summed E-state index contributed by atoms with van der Waals surface area (Å²) in [6, 6.07) is 0. The van der Waals surface area contributed by atoms with Crippen LogP contribution in [0.1, 0.15) is 64.2 Å². The minimum Gasteiger partial charge on any atom is -0.452 e. The summed E-state index contributed by atoms with van der Waals surface area (Å²) < 4.78 is 5.42. The van der Waals surface area contributed by atoms with Crippen molar-refractivity contribution in [2.24, 2.45) is 11.3 Å². The fraction of sp³-hybridized carbons (Fsp3) is 0.824. The van der Waals surface area contributed by atoms with Crippen LogP contribution >= 0.6 is 0 Å². The van der Waals surface area contributed by atoms with Gasteiger partial charge in [0.05, 0.1) is 5.41 Å². The van der Waals surface area contributed by atoms with Gasteiger partial charge in [-0.15, -0.1) is 0 Å². The third-order valence-corrected chi connectivity index (χ3v) is 5.02. The van der Waals surface area contributed by atoms with Crippen LogP contribution in [0.15, 0.2) is 0 Å². The Morgan fingerprint density at radius 2 is 1.70 bits per heavy atom. The molecule has 0 aromatic carbocycles. The zero-order valence-electron chi connectivity index (χ0n) is 12.3. The van der Waals surface area contributed by atoms with Gasteiger partial charge < -0.3 is 9.84 Å². The second-order valence-electron chi connectivity index (χ2n) is 6.14. The maximum absolute atomic E-state index is 12.6. The molecule has 2 saturated carbocycles. The minimum atomic E-state index is -0.237. The number of rotatable bonds is 3. The van der Waals surface area contributed by atoms with E-state index >= 15 is 0 Å². The van der Waals surface area contributed by atoms with Crippen LogP contribution in [-0.2, 0) is 9.53 Å². The summed E-state index contributed by atoms with van der Waals surface area (Å²) in [7, 11) is 0. The Labute approximate surface area is 122 Å². The molecule has 0 aliphatic heterocycles. The molecule has 0 saturated heterocycles. The quantitative estimate of drug-likeness (QED) is 0.637. The van der Waals surface area contributed by atoms with E-state index in [1.165, 1.54) is 38.5 Å². The molecule has 0 aromatic heterocycles. The van der Waals surface area contributed by atoms with Crippen molar-refractivity contribution < 1.29 is 14.6 Å². The Balaban J connectivity index is 2.03. The Kier molecular flexibility index (Phi) is 5.91. The minimum absolute atomic E-state index is 0.0312. The molecule has 0 unspecified atom stereocenters. The van der Waals surface area contributed by atoms with E-state index in [0.29, 0.717) is 5.92 Å². The number of aliphatic hydroxyl groups is 1. The maximum atomic E-state index is 12.6. The van der Waals surface area contributed by atoms with E-state index in [1.807, 2.05) is 0 Å². The summed E-state index contributed by atoms with van der Waals surface area (Å²) >= 11 is 0. The fourth-order valence-electron chi connectivity index (χ4n) is 3.97. The zero-order chi connectivity index (χ0) is 14.3. The normalized spacial score (nSPS) is 22.6. The molecule has 3 heteroatoms. The molecule has 0 amide bonds. The molecule has 0 bridgehead atoms. The van der Waals surface area contributed by atoms with Crippen LogP contribution in [0.5, 0.6) is 0 Å². The second-order valence-corrected chi connectivity index (χ2v) is 6.14. The predicted molar refractivity (Wildman–Crippen MR) is 77.9 cm³/mol. The average molecular weight is 278 g/mol. The van der Waals surface area contributed by atoms with Crippen LogP contribution in [0.3, 0.4) is 0 Å². The molecule has 1 N–H and O–H groups in total. The number of hydrogen-bond acceptors (Lipinski definition) is 3. The molecule has 0 spiro atoms. The summed E-state index contributed by atoms with van der Waals surface area (Å²) in [5, 5.41) is 8.62. The number of aliphatic hydroxyl groups excluding tert-OH is 1. The van der Waals surface area contributed by atoms with Gasteiger partial charge in [-0.1, -0.05) is 50.4 Å². The van der Waals surface area contributed by atoms with Crippen molar-refractivity contribution in [2.75, 3.05) is 13.2 Å². The van der Waals surface area contributed by atoms with Gasteiger partial charge in [-0.05, 0) is 31.6 Å². The molecule has 112 valence electrons. The number of esters is 1. The Morgan fingerprint density at radius 1 is 1.05 bits per heavy atom. The van der Waals surface area contributed by atoms with Crippen LogP contribution in [0.4, 0.5) is 0 Å². The predicted octanol–water partition coefficient (Wildman–Crippen LogP) is 3.06.